The first-order valence-corrected chi connectivity index (χ1v) is 12.4. The number of amides is 1. The zero-order valence-electron chi connectivity index (χ0n) is 20.4. The smallest absolute Gasteiger partial charge is 0.254 e. The van der Waals surface area contributed by atoms with Crippen molar-refractivity contribution in [3.05, 3.63) is 70.0 Å². The van der Waals surface area contributed by atoms with Crippen LogP contribution in [0.2, 0.25) is 0 Å². The number of methoxy groups -OCH3 is 1. The molecule has 35 heavy (non-hydrogen) atoms. The number of aryl methyl sites for hydroxylation is 1. The molecule has 5 rings (SSSR count). The number of hydrogen-bond acceptors (Lipinski definition) is 5. The van der Waals surface area contributed by atoms with Crippen molar-refractivity contribution in [2.75, 3.05) is 26.8 Å². The van der Waals surface area contributed by atoms with Crippen molar-refractivity contribution >= 4 is 5.91 Å². The molecule has 1 aliphatic carbocycles. The lowest BCUT2D eigenvalue weighted by molar-refractivity contribution is 0.0712. The third-order valence-corrected chi connectivity index (χ3v) is 7.28. The number of benzene rings is 2. The first-order chi connectivity index (χ1) is 17.1. The normalized spacial score (nSPS) is 16.3. The monoisotopic (exact) mass is 469 g/mol. The molecule has 1 saturated heterocycles. The number of nitrogens with one attached hydrogen (secondary N) is 1. The number of carbonyl (C=O) groups excluding carboxylic acids is 1. The number of aromatic amines is 1. The Kier molecular flexibility index (Phi) is 6.65. The predicted molar refractivity (Wildman–Crippen MR) is 133 cm³/mol. The molecule has 1 amide bonds. The Bertz CT molecular complexity index is 1260. The Balaban J connectivity index is 1.37. The van der Waals surface area contributed by atoms with Crippen LogP contribution < -0.4 is 0 Å². The van der Waals surface area contributed by atoms with Gasteiger partial charge in [0.05, 0.1) is 18.2 Å². The van der Waals surface area contributed by atoms with Gasteiger partial charge in [-0.15, -0.1) is 10.2 Å². The summed E-state index contributed by atoms with van der Waals surface area (Å²) in [6.07, 6.45) is 4.73. The van der Waals surface area contributed by atoms with Crippen LogP contribution in [-0.2, 0) is 11.2 Å². The second kappa shape index (κ2) is 10.0. The number of ether oxygens (including phenoxy) is 1. The highest BCUT2D eigenvalue weighted by Gasteiger charge is 2.31. The molecule has 1 saturated carbocycles. The van der Waals surface area contributed by atoms with E-state index in [-0.39, 0.29) is 5.91 Å². The minimum absolute atomic E-state index is 0.0669. The second-order valence-corrected chi connectivity index (χ2v) is 9.66. The van der Waals surface area contributed by atoms with Crippen molar-refractivity contribution in [2.24, 2.45) is 0 Å². The van der Waals surface area contributed by atoms with Gasteiger partial charge in [-0.1, -0.05) is 24.3 Å². The highest BCUT2D eigenvalue weighted by molar-refractivity contribution is 5.97. The van der Waals surface area contributed by atoms with E-state index in [1.54, 1.807) is 7.11 Å². The van der Waals surface area contributed by atoms with E-state index in [0.717, 1.165) is 52.3 Å². The summed E-state index contributed by atoms with van der Waals surface area (Å²) in [5.74, 6) is 2.41. The Labute approximate surface area is 206 Å². The van der Waals surface area contributed by atoms with Crippen molar-refractivity contribution in [3.63, 3.8) is 0 Å². The fourth-order valence-electron chi connectivity index (χ4n) is 5.15. The summed E-state index contributed by atoms with van der Waals surface area (Å²) in [5.41, 5.74) is 5.82. The van der Waals surface area contributed by atoms with Gasteiger partial charge >= 0.3 is 0 Å². The summed E-state index contributed by atoms with van der Waals surface area (Å²) in [7, 11) is 1.67. The number of carbonyl (C=O) groups is 1. The first kappa shape index (κ1) is 23.3. The molecule has 0 radical (unpaired) electrons. The number of H-pyrrole nitrogens is 1. The van der Waals surface area contributed by atoms with E-state index in [4.69, 9.17) is 4.74 Å². The number of nitriles is 1. The SMILES string of the molecule is COCCc1nnc(-c2cc(C(=O)N3CCC(c4ccccc4C#N)CC3)c(C)cc2C2CC2)[nH]1. The Hall–Kier alpha value is -3.50. The molecule has 0 unspecified atom stereocenters. The molecular weight excluding hydrogens is 438 g/mol. The molecule has 3 aromatic rings. The number of hydrogen-bond donors (Lipinski definition) is 1. The Morgan fingerprint density at radius 1 is 1.11 bits per heavy atom. The average molecular weight is 470 g/mol. The fourth-order valence-corrected chi connectivity index (χ4v) is 5.15. The van der Waals surface area contributed by atoms with Crippen LogP contribution in [-0.4, -0.2) is 52.8 Å². The molecule has 7 nitrogen and oxygen atoms in total. The lowest BCUT2D eigenvalue weighted by Gasteiger charge is -2.33. The van der Waals surface area contributed by atoms with E-state index < -0.39 is 0 Å². The highest BCUT2D eigenvalue weighted by Crippen LogP contribution is 2.45. The molecule has 1 N–H and O–H groups in total. The first-order valence-electron chi connectivity index (χ1n) is 12.4. The van der Waals surface area contributed by atoms with Gasteiger partial charge in [0.2, 0.25) is 0 Å². The Morgan fingerprint density at radius 3 is 2.57 bits per heavy atom. The molecule has 0 spiro atoms. The van der Waals surface area contributed by atoms with Gasteiger partial charge in [-0.3, -0.25) is 4.79 Å². The molecule has 0 bridgehead atoms. The summed E-state index contributed by atoms with van der Waals surface area (Å²) in [5, 5.41) is 18.2. The van der Waals surface area contributed by atoms with Crippen molar-refractivity contribution in [2.45, 2.75) is 50.9 Å². The lowest BCUT2D eigenvalue weighted by Crippen LogP contribution is -2.38. The Morgan fingerprint density at radius 2 is 1.86 bits per heavy atom. The second-order valence-electron chi connectivity index (χ2n) is 9.66. The standard InChI is InChI=1S/C28H31N5O2/c1-18-15-24(19-7-8-19)25(27-30-26(31-32-27)11-14-35-2)16-23(18)28(34)33-12-9-20(10-13-33)22-6-4-3-5-21(22)17-29/h3-6,15-16,19-20H,7-14H2,1-2H3,(H,30,31,32). The van der Waals surface area contributed by atoms with Gasteiger partial charge in [0, 0.05) is 37.7 Å². The van der Waals surface area contributed by atoms with Crippen LogP contribution in [0, 0.1) is 18.3 Å². The molecule has 2 heterocycles. The van der Waals surface area contributed by atoms with Gasteiger partial charge in [0.25, 0.3) is 5.91 Å². The van der Waals surface area contributed by atoms with Gasteiger partial charge in [-0.05, 0) is 73.3 Å². The van der Waals surface area contributed by atoms with E-state index in [9.17, 15) is 10.1 Å². The lowest BCUT2D eigenvalue weighted by atomic mass is 9.86. The van der Waals surface area contributed by atoms with Crippen LogP contribution in [0.4, 0.5) is 0 Å². The molecule has 1 aliphatic heterocycles. The zero-order valence-corrected chi connectivity index (χ0v) is 20.4. The molecule has 1 aromatic heterocycles. The van der Waals surface area contributed by atoms with E-state index in [0.29, 0.717) is 38.0 Å². The van der Waals surface area contributed by atoms with Gasteiger partial charge < -0.3 is 14.6 Å². The van der Waals surface area contributed by atoms with Gasteiger partial charge in [-0.25, -0.2) is 0 Å². The summed E-state index contributed by atoms with van der Waals surface area (Å²) in [4.78, 5) is 18.9. The molecular formula is C28H31N5O2. The van der Waals surface area contributed by atoms with Crippen LogP contribution >= 0.6 is 0 Å². The van der Waals surface area contributed by atoms with Crippen LogP contribution in [0.25, 0.3) is 11.4 Å². The van der Waals surface area contributed by atoms with Crippen LogP contribution in [0.15, 0.2) is 36.4 Å². The summed E-state index contributed by atoms with van der Waals surface area (Å²) >= 11 is 0. The molecule has 180 valence electrons. The van der Waals surface area contributed by atoms with E-state index >= 15 is 0 Å². The summed E-state index contributed by atoms with van der Waals surface area (Å²) < 4.78 is 5.16. The van der Waals surface area contributed by atoms with Crippen molar-refractivity contribution in [1.82, 2.24) is 20.1 Å². The molecule has 2 aliphatic rings. The number of nitrogens with zero attached hydrogens (tertiary/aromatic N) is 4. The summed E-state index contributed by atoms with van der Waals surface area (Å²) in [6, 6.07) is 14.3. The van der Waals surface area contributed by atoms with Crippen LogP contribution in [0.5, 0.6) is 0 Å². The van der Waals surface area contributed by atoms with Crippen LogP contribution in [0.1, 0.15) is 76.0 Å². The van der Waals surface area contributed by atoms with Crippen molar-refractivity contribution in [1.29, 1.82) is 5.26 Å². The van der Waals surface area contributed by atoms with Crippen LogP contribution in [0.3, 0.4) is 0 Å². The maximum absolute atomic E-state index is 13.6. The van der Waals surface area contributed by atoms with E-state index in [1.165, 1.54) is 18.4 Å². The van der Waals surface area contributed by atoms with Gasteiger partial charge in [-0.2, -0.15) is 5.26 Å². The fraction of sp³-hybridized carbons (Fsp3) is 0.429. The minimum atomic E-state index is 0.0669. The maximum Gasteiger partial charge on any atom is 0.254 e. The zero-order chi connectivity index (χ0) is 24.4. The molecule has 0 atom stereocenters. The topological polar surface area (TPSA) is 94.9 Å². The third-order valence-electron chi connectivity index (χ3n) is 7.28. The predicted octanol–water partition coefficient (Wildman–Crippen LogP) is 4.74. The molecule has 2 aromatic carbocycles. The largest absolute Gasteiger partial charge is 0.384 e. The highest BCUT2D eigenvalue weighted by atomic mass is 16.5. The quantitative estimate of drug-likeness (QED) is 0.539. The number of piperidine rings is 1. The third kappa shape index (κ3) is 4.85. The van der Waals surface area contributed by atoms with Gasteiger partial charge in [0.1, 0.15) is 5.82 Å². The minimum Gasteiger partial charge on any atom is -0.384 e. The molecule has 7 heteroatoms. The average Bonchev–Trinajstić information content (AvgIpc) is 3.64. The van der Waals surface area contributed by atoms with Crippen molar-refractivity contribution < 1.29 is 9.53 Å². The molecule has 2 fully saturated rings. The summed E-state index contributed by atoms with van der Waals surface area (Å²) in [6.45, 7) is 3.98. The number of likely N-dealkylation sites (tertiary alicyclic amines) is 1. The van der Waals surface area contributed by atoms with E-state index in [2.05, 4.69) is 27.3 Å². The maximum atomic E-state index is 13.6. The van der Waals surface area contributed by atoms with Crippen molar-refractivity contribution in [3.8, 4) is 17.5 Å². The number of rotatable bonds is 7. The van der Waals surface area contributed by atoms with Gasteiger partial charge in [0.15, 0.2) is 5.82 Å². The van der Waals surface area contributed by atoms with E-state index in [1.807, 2.05) is 42.2 Å². The number of aromatic nitrogens is 3.